The first kappa shape index (κ1) is 16.9. The molecule has 0 unspecified atom stereocenters. The summed E-state index contributed by atoms with van der Waals surface area (Å²) in [6, 6.07) is 11.9. The van der Waals surface area contributed by atoms with Gasteiger partial charge in [-0.25, -0.2) is 4.79 Å². The third-order valence-electron chi connectivity index (χ3n) is 3.27. The summed E-state index contributed by atoms with van der Waals surface area (Å²) in [5.74, 6) is 0. The first-order valence-electron chi connectivity index (χ1n) is 7.12. The summed E-state index contributed by atoms with van der Waals surface area (Å²) in [7, 11) is 0. The number of benzene rings is 2. The minimum Gasteiger partial charge on any atom is -0.338 e. The number of alkyl halides is 3. The van der Waals surface area contributed by atoms with Crippen LogP contribution in [0.5, 0.6) is 0 Å². The smallest absolute Gasteiger partial charge is 0.338 e. The molecule has 0 radical (unpaired) electrons. The molecule has 6 heteroatoms. The molecule has 3 nitrogen and oxygen atoms in total. The van der Waals surface area contributed by atoms with E-state index >= 15 is 0 Å². The molecule has 2 N–H and O–H groups in total. The highest BCUT2D eigenvalue weighted by Crippen LogP contribution is 2.30. The molecule has 0 atom stereocenters. The molecular weight excluding hydrogens is 305 g/mol. The number of nitrogens with one attached hydrogen (secondary N) is 2. The number of rotatable bonds is 4. The molecule has 2 aromatic rings. The third kappa shape index (κ3) is 5.32. The van der Waals surface area contributed by atoms with Crippen LogP contribution < -0.4 is 10.6 Å². The van der Waals surface area contributed by atoms with Crippen LogP contribution in [0.2, 0.25) is 0 Å². The molecule has 0 bridgehead atoms. The lowest BCUT2D eigenvalue weighted by Gasteiger charge is -2.11. The average molecular weight is 322 g/mol. The van der Waals surface area contributed by atoms with Crippen LogP contribution >= 0.6 is 0 Å². The van der Waals surface area contributed by atoms with Gasteiger partial charge in [-0.2, -0.15) is 13.2 Å². The van der Waals surface area contributed by atoms with Gasteiger partial charge in [0.1, 0.15) is 0 Å². The maximum Gasteiger partial charge on any atom is 0.416 e. The summed E-state index contributed by atoms with van der Waals surface area (Å²) in [5, 5.41) is 5.02. The number of hydrogen-bond donors (Lipinski definition) is 2. The van der Waals surface area contributed by atoms with E-state index in [-0.39, 0.29) is 5.69 Å². The van der Waals surface area contributed by atoms with Crippen molar-refractivity contribution in [3.63, 3.8) is 0 Å². The van der Waals surface area contributed by atoms with E-state index in [1.807, 2.05) is 31.2 Å². The van der Waals surface area contributed by atoms with Gasteiger partial charge >= 0.3 is 12.2 Å². The molecule has 0 saturated heterocycles. The van der Waals surface area contributed by atoms with Gasteiger partial charge in [-0.05, 0) is 37.1 Å². The first-order chi connectivity index (χ1) is 10.8. The molecule has 0 heterocycles. The first-order valence-corrected chi connectivity index (χ1v) is 7.12. The minimum atomic E-state index is -4.43. The average Bonchev–Trinajstić information content (AvgIpc) is 2.49. The number of amides is 2. The topological polar surface area (TPSA) is 41.1 Å². The van der Waals surface area contributed by atoms with Gasteiger partial charge in [-0.15, -0.1) is 0 Å². The number of aryl methyl sites for hydroxylation is 1. The van der Waals surface area contributed by atoms with Crippen molar-refractivity contribution in [1.29, 1.82) is 0 Å². The Morgan fingerprint density at radius 3 is 2.43 bits per heavy atom. The van der Waals surface area contributed by atoms with Crippen LogP contribution in [0.4, 0.5) is 23.7 Å². The zero-order valence-corrected chi connectivity index (χ0v) is 12.6. The summed E-state index contributed by atoms with van der Waals surface area (Å²) >= 11 is 0. The van der Waals surface area contributed by atoms with Crippen molar-refractivity contribution < 1.29 is 18.0 Å². The fraction of sp³-hybridized carbons (Fsp3) is 0.235. The van der Waals surface area contributed by atoms with Crippen LogP contribution in [0.15, 0.2) is 48.5 Å². The Balaban J connectivity index is 1.84. The van der Waals surface area contributed by atoms with Gasteiger partial charge < -0.3 is 10.6 Å². The second-order valence-electron chi connectivity index (χ2n) is 5.20. The molecular formula is C17H17F3N2O. The molecule has 0 saturated carbocycles. The summed E-state index contributed by atoms with van der Waals surface area (Å²) in [4.78, 5) is 11.7. The number of anilines is 1. The highest BCUT2D eigenvalue weighted by Gasteiger charge is 2.30. The summed E-state index contributed by atoms with van der Waals surface area (Å²) in [6.45, 7) is 2.39. The molecule has 0 fully saturated rings. The zero-order valence-electron chi connectivity index (χ0n) is 12.6. The van der Waals surface area contributed by atoms with E-state index in [1.165, 1.54) is 12.1 Å². The van der Waals surface area contributed by atoms with E-state index < -0.39 is 17.8 Å². The molecule has 0 aromatic heterocycles. The van der Waals surface area contributed by atoms with Crippen molar-refractivity contribution >= 4 is 11.7 Å². The zero-order chi connectivity index (χ0) is 16.9. The Morgan fingerprint density at radius 1 is 1.09 bits per heavy atom. The molecule has 0 aliphatic heterocycles. The molecule has 0 spiro atoms. The van der Waals surface area contributed by atoms with Crippen molar-refractivity contribution in [1.82, 2.24) is 5.32 Å². The minimum absolute atomic E-state index is 0.104. The molecule has 2 amide bonds. The van der Waals surface area contributed by atoms with Gasteiger partial charge in [0.2, 0.25) is 0 Å². The maximum absolute atomic E-state index is 12.6. The van der Waals surface area contributed by atoms with Gasteiger partial charge in [0.25, 0.3) is 0 Å². The predicted octanol–water partition coefficient (Wildman–Crippen LogP) is 4.38. The monoisotopic (exact) mass is 322 g/mol. The highest BCUT2D eigenvalue weighted by molar-refractivity contribution is 5.89. The van der Waals surface area contributed by atoms with E-state index in [0.29, 0.717) is 13.0 Å². The maximum atomic E-state index is 12.6. The van der Waals surface area contributed by atoms with Crippen LogP contribution in [0, 0.1) is 6.92 Å². The lowest BCUT2D eigenvalue weighted by atomic mass is 10.1. The van der Waals surface area contributed by atoms with Crippen molar-refractivity contribution in [3.8, 4) is 0 Å². The Kier molecular flexibility index (Phi) is 5.26. The second-order valence-corrected chi connectivity index (χ2v) is 5.20. The van der Waals surface area contributed by atoms with E-state index in [2.05, 4.69) is 10.6 Å². The van der Waals surface area contributed by atoms with Gasteiger partial charge in [-0.1, -0.05) is 35.9 Å². The summed E-state index contributed by atoms with van der Waals surface area (Å²) < 4.78 is 37.8. The number of hydrogen-bond acceptors (Lipinski definition) is 1. The van der Waals surface area contributed by atoms with E-state index in [9.17, 15) is 18.0 Å². The lowest BCUT2D eigenvalue weighted by Crippen LogP contribution is -2.30. The second kappa shape index (κ2) is 7.17. The number of carbonyl (C=O) groups is 1. The lowest BCUT2D eigenvalue weighted by molar-refractivity contribution is -0.137. The Labute approximate surface area is 132 Å². The van der Waals surface area contributed by atoms with Gasteiger partial charge in [-0.3, -0.25) is 0 Å². The molecule has 122 valence electrons. The van der Waals surface area contributed by atoms with E-state index in [4.69, 9.17) is 0 Å². The van der Waals surface area contributed by atoms with Gasteiger partial charge in [0.15, 0.2) is 0 Å². The van der Waals surface area contributed by atoms with Gasteiger partial charge in [0.05, 0.1) is 5.56 Å². The fourth-order valence-electron chi connectivity index (χ4n) is 2.02. The van der Waals surface area contributed by atoms with Crippen molar-refractivity contribution in [2.75, 3.05) is 11.9 Å². The summed E-state index contributed by atoms with van der Waals surface area (Å²) in [5.41, 5.74) is 1.54. The largest absolute Gasteiger partial charge is 0.416 e. The molecule has 2 aromatic carbocycles. The third-order valence-corrected chi connectivity index (χ3v) is 3.27. The van der Waals surface area contributed by atoms with Crippen molar-refractivity contribution in [2.45, 2.75) is 19.5 Å². The van der Waals surface area contributed by atoms with Crippen LogP contribution in [-0.4, -0.2) is 12.6 Å². The highest BCUT2D eigenvalue weighted by atomic mass is 19.4. The van der Waals surface area contributed by atoms with Gasteiger partial charge in [0, 0.05) is 12.2 Å². The number of urea groups is 1. The predicted molar refractivity (Wildman–Crippen MR) is 83.3 cm³/mol. The molecule has 23 heavy (non-hydrogen) atoms. The standard InChI is InChI=1S/C17H17F3N2O/c1-12-5-7-13(8-6-12)9-10-21-16(23)22-15-4-2-3-14(11-15)17(18,19)20/h2-8,11H,9-10H2,1H3,(H2,21,22,23). The summed E-state index contributed by atoms with van der Waals surface area (Å²) in [6.07, 6.45) is -3.78. The van der Waals surface area contributed by atoms with Crippen LogP contribution in [0.25, 0.3) is 0 Å². The number of carbonyl (C=O) groups excluding carboxylic acids is 1. The Morgan fingerprint density at radius 2 is 1.78 bits per heavy atom. The fourth-order valence-corrected chi connectivity index (χ4v) is 2.02. The SMILES string of the molecule is Cc1ccc(CCNC(=O)Nc2cccc(C(F)(F)F)c2)cc1. The molecule has 2 rings (SSSR count). The van der Waals surface area contributed by atoms with Crippen LogP contribution in [0.3, 0.4) is 0 Å². The van der Waals surface area contributed by atoms with Crippen molar-refractivity contribution in [3.05, 3.63) is 65.2 Å². The van der Waals surface area contributed by atoms with Crippen LogP contribution in [0.1, 0.15) is 16.7 Å². The van der Waals surface area contributed by atoms with E-state index in [1.54, 1.807) is 0 Å². The van der Waals surface area contributed by atoms with Crippen molar-refractivity contribution in [2.24, 2.45) is 0 Å². The normalized spacial score (nSPS) is 11.1. The Hall–Kier alpha value is -2.50. The number of halogens is 3. The molecule has 0 aliphatic carbocycles. The quantitative estimate of drug-likeness (QED) is 0.862. The van der Waals surface area contributed by atoms with Crippen LogP contribution in [-0.2, 0) is 12.6 Å². The van der Waals surface area contributed by atoms with E-state index in [0.717, 1.165) is 23.3 Å². The Bertz CT molecular complexity index is 666. The molecule has 0 aliphatic rings.